The van der Waals surface area contributed by atoms with Crippen LogP contribution in [0.25, 0.3) is 11.3 Å². The first-order chi connectivity index (χ1) is 16.9. The van der Waals surface area contributed by atoms with Crippen molar-refractivity contribution in [2.75, 3.05) is 18.1 Å². The van der Waals surface area contributed by atoms with Crippen molar-refractivity contribution in [2.45, 2.75) is 33.2 Å². The smallest absolute Gasteiger partial charge is 0.339 e. The lowest BCUT2D eigenvalue weighted by atomic mass is 10.2. The average Bonchev–Trinajstić information content (AvgIpc) is 3.41. The topological polar surface area (TPSA) is 102 Å². The Bertz CT molecular complexity index is 1240. The maximum atomic E-state index is 13.1. The Morgan fingerprint density at radius 1 is 0.914 bits per heavy atom. The minimum atomic E-state index is -0.969. The van der Waals surface area contributed by atoms with E-state index < -0.39 is 17.8 Å². The van der Waals surface area contributed by atoms with Crippen LogP contribution >= 0.6 is 11.6 Å². The molecule has 2 aromatic carbocycles. The molecule has 0 saturated carbocycles. The summed E-state index contributed by atoms with van der Waals surface area (Å²) in [6, 6.07) is 10.8. The van der Waals surface area contributed by atoms with Crippen molar-refractivity contribution in [3.05, 3.63) is 59.6 Å². The number of ether oxygens (including phenoxy) is 2. The third-order valence-corrected chi connectivity index (χ3v) is 5.39. The highest BCUT2D eigenvalue weighted by Gasteiger charge is 2.46. The quantitative estimate of drug-likeness (QED) is 0.284. The predicted molar refractivity (Wildman–Crippen MR) is 128 cm³/mol. The first kappa shape index (κ1) is 24.3. The molecule has 1 aliphatic heterocycles. The van der Waals surface area contributed by atoms with Gasteiger partial charge in [-0.25, -0.2) is 19.6 Å². The van der Waals surface area contributed by atoms with Gasteiger partial charge in [0, 0.05) is 16.7 Å². The maximum absolute atomic E-state index is 13.1. The normalized spacial score (nSPS) is 13.6. The van der Waals surface area contributed by atoms with E-state index in [2.05, 4.69) is 4.98 Å². The van der Waals surface area contributed by atoms with E-state index in [1.807, 2.05) is 13.8 Å². The van der Waals surface area contributed by atoms with Crippen LogP contribution in [0.3, 0.4) is 0 Å². The first-order valence-corrected chi connectivity index (χ1v) is 11.6. The first-order valence-electron chi connectivity index (χ1n) is 11.2. The number of carbonyl (C=O) groups excluding carboxylic acids is 3. The van der Waals surface area contributed by atoms with Crippen LogP contribution in [0.15, 0.2) is 53.1 Å². The maximum Gasteiger partial charge on any atom is 0.339 e. The van der Waals surface area contributed by atoms with Gasteiger partial charge in [0.05, 0.1) is 25.1 Å². The standard InChI is InChI=1S/C25H24ClN3O6/c1-3-11-33-19-10-9-18(13-20(19)34-12-4-2)29-24(31)23(30)28(25(29)32)15-22-27-14-21(35-22)16-5-7-17(26)8-6-16/h5-10,13-14H,3-4,11-12,15H2,1-2H3. The molecule has 1 saturated heterocycles. The Morgan fingerprint density at radius 2 is 1.60 bits per heavy atom. The Kier molecular flexibility index (Phi) is 7.36. The molecule has 0 radical (unpaired) electrons. The molecule has 0 spiro atoms. The molecule has 0 unspecified atom stereocenters. The number of nitrogens with zero attached hydrogens (tertiary/aromatic N) is 3. The molecule has 182 valence electrons. The summed E-state index contributed by atoms with van der Waals surface area (Å²) in [7, 11) is 0. The number of imide groups is 2. The highest BCUT2D eigenvalue weighted by Crippen LogP contribution is 2.34. The Labute approximate surface area is 207 Å². The summed E-state index contributed by atoms with van der Waals surface area (Å²) in [5.74, 6) is -0.488. The summed E-state index contributed by atoms with van der Waals surface area (Å²) in [5.41, 5.74) is 0.940. The largest absolute Gasteiger partial charge is 0.490 e. The van der Waals surface area contributed by atoms with E-state index in [0.29, 0.717) is 35.5 Å². The fraction of sp³-hybridized carbons (Fsp3) is 0.280. The number of amides is 4. The molecule has 1 aliphatic rings. The molecule has 2 heterocycles. The van der Waals surface area contributed by atoms with Gasteiger partial charge in [0.1, 0.15) is 6.54 Å². The minimum Gasteiger partial charge on any atom is -0.490 e. The SMILES string of the molecule is CCCOc1ccc(N2C(=O)C(=O)N(Cc3ncc(-c4ccc(Cl)cc4)o3)C2=O)cc1OCCC. The predicted octanol–water partition coefficient (Wildman–Crippen LogP) is 5.07. The highest BCUT2D eigenvalue weighted by atomic mass is 35.5. The number of hydrogen-bond donors (Lipinski definition) is 0. The number of urea groups is 1. The van der Waals surface area contributed by atoms with E-state index in [9.17, 15) is 14.4 Å². The molecule has 0 atom stereocenters. The Morgan fingerprint density at radius 3 is 2.29 bits per heavy atom. The van der Waals surface area contributed by atoms with E-state index in [1.165, 1.54) is 12.3 Å². The second-order valence-corrected chi connectivity index (χ2v) is 8.20. The van der Waals surface area contributed by atoms with Crippen molar-refractivity contribution in [3.8, 4) is 22.8 Å². The second-order valence-electron chi connectivity index (χ2n) is 7.77. The van der Waals surface area contributed by atoms with Gasteiger partial charge in [-0.2, -0.15) is 0 Å². The highest BCUT2D eigenvalue weighted by molar-refractivity contribution is 6.52. The van der Waals surface area contributed by atoms with Gasteiger partial charge in [0.25, 0.3) is 0 Å². The summed E-state index contributed by atoms with van der Waals surface area (Å²) >= 11 is 5.91. The van der Waals surface area contributed by atoms with Crippen molar-refractivity contribution in [1.82, 2.24) is 9.88 Å². The van der Waals surface area contributed by atoms with Gasteiger partial charge in [-0.1, -0.05) is 25.4 Å². The third-order valence-electron chi connectivity index (χ3n) is 5.14. The van der Waals surface area contributed by atoms with E-state index in [-0.39, 0.29) is 18.1 Å². The molecule has 0 bridgehead atoms. The van der Waals surface area contributed by atoms with Crippen molar-refractivity contribution in [3.63, 3.8) is 0 Å². The third kappa shape index (κ3) is 5.14. The lowest BCUT2D eigenvalue weighted by Gasteiger charge is -2.18. The molecule has 0 N–H and O–H groups in total. The van der Waals surface area contributed by atoms with E-state index >= 15 is 0 Å². The van der Waals surface area contributed by atoms with Crippen molar-refractivity contribution < 1.29 is 28.3 Å². The number of hydrogen-bond acceptors (Lipinski definition) is 7. The Hall–Kier alpha value is -3.85. The van der Waals surface area contributed by atoms with Crippen molar-refractivity contribution in [1.29, 1.82) is 0 Å². The van der Waals surface area contributed by atoms with Gasteiger partial charge in [0.2, 0.25) is 5.89 Å². The number of anilines is 1. The second kappa shape index (κ2) is 10.6. The van der Waals surface area contributed by atoms with Crippen LogP contribution in [-0.2, 0) is 16.1 Å². The Balaban J connectivity index is 1.55. The minimum absolute atomic E-state index is 0.113. The monoisotopic (exact) mass is 497 g/mol. The number of aromatic nitrogens is 1. The fourth-order valence-corrected chi connectivity index (χ4v) is 3.56. The van der Waals surface area contributed by atoms with E-state index in [4.69, 9.17) is 25.5 Å². The summed E-state index contributed by atoms with van der Waals surface area (Å²) in [6.07, 6.45) is 3.05. The van der Waals surface area contributed by atoms with Crippen LogP contribution in [0.1, 0.15) is 32.6 Å². The number of oxazole rings is 1. The van der Waals surface area contributed by atoms with E-state index in [0.717, 1.165) is 28.2 Å². The molecule has 3 aromatic rings. The molecule has 35 heavy (non-hydrogen) atoms. The zero-order chi connectivity index (χ0) is 24.9. The number of carbonyl (C=O) groups is 3. The van der Waals surface area contributed by atoms with Gasteiger partial charge in [0.15, 0.2) is 17.3 Å². The molecule has 1 fully saturated rings. The number of halogens is 1. The molecular weight excluding hydrogens is 474 g/mol. The van der Waals surface area contributed by atoms with Gasteiger partial charge in [-0.3, -0.25) is 9.59 Å². The summed E-state index contributed by atoms with van der Waals surface area (Å²) in [6.45, 7) is 4.57. The lowest BCUT2D eigenvalue weighted by Crippen LogP contribution is -2.33. The van der Waals surface area contributed by atoms with Gasteiger partial charge in [-0.15, -0.1) is 0 Å². The van der Waals surface area contributed by atoms with Crippen LogP contribution < -0.4 is 14.4 Å². The molecule has 4 amide bonds. The molecule has 10 heteroatoms. The summed E-state index contributed by atoms with van der Waals surface area (Å²) < 4.78 is 17.1. The van der Waals surface area contributed by atoms with Crippen LogP contribution in [0.2, 0.25) is 5.02 Å². The molecule has 1 aromatic heterocycles. The van der Waals surface area contributed by atoms with Gasteiger partial charge >= 0.3 is 17.8 Å². The van der Waals surface area contributed by atoms with Crippen LogP contribution in [0.4, 0.5) is 10.5 Å². The molecule has 4 rings (SSSR count). The number of benzene rings is 2. The van der Waals surface area contributed by atoms with E-state index in [1.54, 1.807) is 36.4 Å². The fourth-order valence-electron chi connectivity index (χ4n) is 3.43. The molecule has 9 nitrogen and oxygen atoms in total. The summed E-state index contributed by atoms with van der Waals surface area (Å²) in [5, 5.41) is 0.577. The average molecular weight is 498 g/mol. The number of rotatable bonds is 10. The zero-order valence-electron chi connectivity index (χ0n) is 19.3. The van der Waals surface area contributed by atoms with Crippen molar-refractivity contribution in [2.24, 2.45) is 0 Å². The molecule has 0 aliphatic carbocycles. The van der Waals surface area contributed by atoms with Crippen LogP contribution in [0.5, 0.6) is 11.5 Å². The van der Waals surface area contributed by atoms with Gasteiger partial charge < -0.3 is 13.9 Å². The zero-order valence-corrected chi connectivity index (χ0v) is 20.1. The van der Waals surface area contributed by atoms with Crippen LogP contribution in [-0.4, -0.2) is 40.9 Å². The van der Waals surface area contributed by atoms with Gasteiger partial charge in [-0.05, 0) is 49.2 Å². The van der Waals surface area contributed by atoms with Crippen LogP contribution in [0, 0.1) is 0 Å². The summed E-state index contributed by atoms with van der Waals surface area (Å²) in [4.78, 5) is 44.2. The van der Waals surface area contributed by atoms with Crippen molar-refractivity contribution >= 4 is 35.1 Å². The lowest BCUT2D eigenvalue weighted by molar-refractivity contribution is -0.139. The molecular formula is C25H24ClN3O6.